The lowest BCUT2D eigenvalue weighted by atomic mass is 9.83. The molecular formula is C20H25N5O2. The number of hydrogen-bond donors (Lipinski definition) is 2. The van der Waals surface area contributed by atoms with Gasteiger partial charge in [0.25, 0.3) is 0 Å². The van der Waals surface area contributed by atoms with E-state index < -0.39 is 6.04 Å². The van der Waals surface area contributed by atoms with Crippen molar-refractivity contribution in [3.8, 4) is 0 Å². The molecule has 0 radical (unpaired) electrons. The van der Waals surface area contributed by atoms with Crippen LogP contribution in [0.5, 0.6) is 0 Å². The average molecular weight is 367 g/mol. The van der Waals surface area contributed by atoms with Gasteiger partial charge in [-0.1, -0.05) is 36.4 Å². The van der Waals surface area contributed by atoms with Crippen molar-refractivity contribution in [2.75, 3.05) is 13.1 Å². The number of benzene rings is 1. The van der Waals surface area contributed by atoms with E-state index in [9.17, 15) is 9.59 Å². The van der Waals surface area contributed by atoms with E-state index in [1.165, 1.54) is 28.5 Å². The van der Waals surface area contributed by atoms with E-state index in [2.05, 4.69) is 38.9 Å². The summed E-state index contributed by atoms with van der Waals surface area (Å²) in [6.07, 6.45) is 9.26. The first-order valence-corrected chi connectivity index (χ1v) is 9.26. The Morgan fingerprint density at radius 3 is 2.70 bits per heavy atom. The van der Waals surface area contributed by atoms with Crippen LogP contribution < -0.4 is 10.6 Å². The second-order valence-electron chi connectivity index (χ2n) is 6.72. The summed E-state index contributed by atoms with van der Waals surface area (Å²) in [6.45, 7) is 2.63. The van der Waals surface area contributed by atoms with Crippen molar-refractivity contribution >= 4 is 11.8 Å². The first kappa shape index (κ1) is 18.8. The SMILES string of the molecule is CC(C(=O)NC/C=C/CNC(=O)C1CCc2ccccc2C1)n1cncn1. The van der Waals surface area contributed by atoms with Crippen LogP contribution in [0, 0.1) is 5.92 Å². The molecule has 2 atom stereocenters. The molecule has 2 amide bonds. The minimum Gasteiger partial charge on any atom is -0.352 e. The van der Waals surface area contributed by atoms with Crippen LogP contribution in [0.4, 0.5) is 0 Å². The molecule has 0 aliphatic heterocycles. The Hall–Kier alpha value is -2.96. The van der Waals surface area contributed by atoms with Gasteiger partial charge in [0.15, 0.2) is 0 Å². The van der Waals surface area contributed by atoms with Crippen molar-refractivity contribution in [1.82, 2.24) is 25.4 Å². The summed E-state index contributed by atoms with van der Waals surface area (Å²) in [7, 11) is 0. The van der Waals surface area contributed by atoms with Gasteiger partial charge in [-0.15, -0.1) is 0 Å². The van der Waals surface area contributed by atoms with Crippen LogP contribution in [-0.4, -0.2) is 39.7 Å². The van der Waals surface area contributed by atoms with Gasteiger partial charge in [-0.25, -0.2) is 9.67 Å². The number of aromatic nitrogens is 3. The van der Waals surface area contributed by atoms with Crippen LogP contribution in [0.3, 0.4) is 0 Å². The fraction of sp³-hybridized carbons (Fsp3) is 0.400. The number of nitrogens with zero attached hydrogens (tertiary/aromatic N) is 3. The molecule has 7 nitrogen and oxygen atoms in total. The quantitative estimate of drug-likeness (QED) is 0.725. The molecule has 2 N–H and O–H groups in total. The van der Waals surface area contributed by atoms with E-state index in [1.54, 1.807) is 6.92 Å². The maximum absolute atomic E-state index is 12.3. The monoisotopic (exact) mass is 367 g/mol. The molecule has 0 spiro atoms. The Morgan fingerprint density at radius 1 is 1.22 bits per heavy atom. The van der Waals surface area contributed by atoms with E-state index in [4.69, 9.17) is 0 Å². The standard InChI is InChI=1S/C20H25N5O2/c1-15(25-14-21-13-24-25)19(26)22-10-4-5-11-23-20(27)18-9-8-16-6-2-3-7-17(16)12-18/h2-7,13-15,18H,8-12H2,1H3,(H,22,26)(H,23,27)/b5-4+. The van der Waals surface area contributed by atoms with Crippen molar-refractivity contribution in [1.29, 1.82) is 0 Å². The number of rotatable bonds is 7. The summed E-state index contributed by atoms with van der Waals surface area (Å²) in [6, 6.07) is 7.92. The van der Waals surface area contributed by atoms with Gasteiger partial charge in [-0.05, 0) is 37.3 Å². The number of aryl methyl sites for hydroxylation is 1. The van der Waals surface area contributed by atoms with Gasteiger partial charge in [0, 0.05) is 19.0 Å². The molecule has 0 fully saturated rings. The van der Waals surface area contributed by atoms with E-state index in [0.717, 1.165) is 19.3 Å². The van der Waals surface area contributed by atoms with Crippen molar-refractivity contribution < 1.29 is 9.59 Å². The van der Waals surface area contributed by atoms with Crippen molar-refractivity contribution in [2.24, 2.45) is 5.92 Å². The molecule has 1 aromatic heterocycles. The highest BCUT2D eigenvalue weighted by Gasteiger charge is 2.23. The van der Waals surface area contributed by atoms with Gasteiger partial charge >= 0.3 is 0 Å². The summed E-state index contributed by atoms with van der Waals surface area (Å²) in [5.41, 5.74) is 2.64. The zero-order valence-electron chi connectivity index (χ0n) is 15.5. The highest BCUT2D eigenvalue weighted by atomic mass is 16.2. The van der Waals surface area contributed by atoms with E-state index >= 15 is 0 Å². The van der Waals surface area contributed by atoms with Crippen molar-refractivity contribution in [3.63, 3.8) is 0 Å². The number of amides is 2. The van der Waals surface area contributed by atoms with Gasteiger partial charge < -0.3 is 10.6 Å². The first-order chi connectivity index (χ1) is 13.1. The number of hydrogen-bond acceptors (Lipinski definition) is 4. The topological polar surface area (TPSA) is 88.9 Å². The Bertz CT molecular complexity index is 800. The molecule has 7 heteroatoms. The molecule has 1 aliphatic rings. The lowest BCUT2D eigenvalue weighted by molar-refractivity contribution is -0.125. The maximum Gasteiger partial charge on any atom is 0.244 e. The normalized spacial score (nSPS) is 17.3. The predicted octanol–water partition coefficient (Wildman–Crippen LogP) is 1.43. The largest absolute Gasteiger partial charge is 0.352 e. The van der Waals surface area contributed by atoms with Gasteiger partial charge in [0.2, 0.25) is 11.8 Å². The summed E-state index contributed by atoms with van der Waals surface area (Å²) in [4.78, 5) is 28.2. The average Bonchev–Trinajstić information content (AvgIpc) is 3.24. The fourth-order valence-corrected chi connectivity index (χ4v) is 3.24. The second-order valence-corrected chi connectivity index (χ2v) is 6.72. The number of carbonyl (C=O) groups is 2. The lowest BCUT2D eigenvalue weighted by Crippen LogP contribution is -2.34. The summed E-state index contributed by atoms with van der Waals surface area (Å²) in [5.74, 6) is 0.00424. The first-order valence-electron chi connectivity index (χ1n) is 9.26. The molecule has 1 aromatic carbocycles. The van der Waals surface area contributed by atoms with Crippen LogP contribution in [0.15, 0.2) is 49.1 Å². The molecule has 2 aromatic rings. The van der Waals surface area contributed by atoms with Crippen LogP contribution in [0.1, 0.15) is 30.5 Å². The third-order valence-electron chi connectivity index (χ3n) is 4.89. The predicted molar refractivity (Wildman–Crippen MR) is 102 cm³/mol. The molecule has 0 bridgehead atoms. The Labute approximate surface area is 158 Å². The van der Waals surface area contributed by atoms with E-state index in [0.29, 0.717) is 13.1 Å². The van der Waals surface area contributed by atoms with Gasteiger partial charge in [0.1, 0.15) is 18.7 Å². The lowest BCUT2D eigenvalue weighted by Gasteiger charge is -2.23. The summed E-state index contributed by atoms with van der Waals surface area (Å²) >= 11 is 0. The van der Waals surface area contributed by atoms with Gasteiger partial charge in [0.05, 0.1) is 0 Å². The van der Waals surface area contributed by atoms with Crippen LogP contribution in [0.25, 0.3) is 0 Å². The van der Waals surface area contributed by atoms with E-state index in [1.807, 2.05) is 18.2 Å². The van der Waals surface area contributed by atoms with Crippen LogP contribution in [-0.2, 0) is 22.4 Å². The van der Waals surface area contributed by atoms with Gasteiger partial charge in [-0.2, -0.15) is 5.10 Å². The summed E-state index contributed by atoms with van der Waals surface area (Å²) in [5, 5.41) is 9.71. The molecule has 0 saturated carbocycles. The number of carbonyl (C=O) groups excluding carboxylic acids is 2. The molecule has 1 heterocycles. The molecule has 3 rings (SSSR count). The minimum absolute atomic E-state index is 0.0385. The minimum atomic E-state index is -0.408. The third-order valence-corrected chi connectivity index (χ3v) is 4.89. The highest BCUT2D eigenvalue weighted by molar-refractivity contribution is 5.80. The molecule has 1 aliphatic carbocycles. The molecule has 2 unspecified atom stereocenters. The molecule has 0 saturated heterocycles. The molecule has 27 heavy (non-hydrogen) atoms. The summed E-state index contributed by atoms with van der Waals surface area (Å²) < 4.78 is 1.50. The maximum atomic E-state index is 12.3. The van der Waals surface area contributed by atoms with Crippen molar-refractivity contribution in [2.45, 2.75) is 32.2 Å². The van der Waals surface area contributed by atoms with Crippen molar-refractivity contribution in [3.05, 3.63) is 60.2 Å². The van der Waals surface area contributed by atoms with Crippen LogP contribution in [0.2, 0.25) is 0 Å². The fourth-order valence-electron chi connectivity index (χ4n) is 3.24. The van der Waals surface area contributed by atoms with Crippen LogP contribution >= 0.6 is 0 Å². The zero-order chi connectivity index (χ0) is 19.1. The highest BCUT2D eigenvalue weighted by Crippen LogP contribution is 2.25. The number of fused-ring (bicyclic) bond motifs is 1. The zero-order valence-corrected chi connectivity index (χ0v) is 15.5. The second kappa shape index (κ2) is 9.12. The third kappa shape index (κ3) is 5.03. The van der Waals surface area contributed by atoms with Gasteiger partial charge in [-0.3, -0.25) is 9.59 Å². The molecule has 142 valence electrons. The molecular weight excluding hydrogens is 342 g/mol. The van der Waals surface area contributed by atoms with E-state index in [-0.39, 0.29) is 17.7 Å². The Kier molecular flexibility index (Phi) is 6.35. The number of nitrogens with one attached hydrogen (secondary N) is 2. The Morgan fingerprint density at radius 2 is 1.96 bits per heavy atom. The smallest absolute Gasteiger partial charge is 0.244 e. The Balaban J connectivity index is 1.35.